The maximum absolute atomic E-state index is 12.1. The van der Waals surface area contributed by atoms with Crippen LogP contribution in [0.25, 0.3) is 0 Å². The van der Waals surface area contributed by atoms with E-state index >= 15 is 0 Å². The Kier molecular flexibility index (Phi) is 7.72. The molecule has 1 aromatic rings. The monoisotopic (exact) mass is 347 g/mol. The molecule has 1 aliphatic heterocycles. The lowest BCUT2D eigenvalue weighted by Gasteiger charge is -2.21. The molecule has 1 saturated heterocycles. The van der Waals surface area contributed by atoms with Gasteiger partial charge in [-0.05, 0) is 37.3 Å². The van der Waals surface area contributed by atoms with Crippen LogP contribution in [-0.2, 0) is 6.42 Å². The molecular weight excluding hydrogens is 314 g/mol. The van der Waals surface area contributed by atoms with E-state index < -0.39 is 6.10 Å². The Hall–Kier alpha value is -1.59. The predicted octanol–water partition coefficient (Wildman–Crippen LogP) is 2.26. The third kappa shape index (κ3) is 7.04. The van der Waals surface area contributed by atoms with Crippen LogP contribution in [0.3, 0.4) is 0 Å². The average molecular weight is 348 g/mol. The molecule has 0 aromatic heterocycles. The number of amides is 2. The zero-order valence-electron chi connectivity index (χ0n) is 15.7. The molecule has 0 bridgehead atoms. The molecule has 0 aliphatic carbocycles. The lowest BCUT2D eigenvalue weighted by atomic mass is 10.0. The van der Waals surface area contributed by atoms with E-state index in [9.17, 15) is 9.90 Å². The Morgan fingerprint density at radius 3 is 2.68 bits per heavy atom. The van der Waals surface area contributed by atoms with Crippen molar-refractivity contribution in [2.24, 2.45) is 11.8 Å². The number of hydrogen-bond donors (Lipinski definition) is 3. The highest BCUT2D eigenvalue weighted by Crippen LogP contribution is 2.16. The third-order valence-electron chi connectivity index (χ3n) is 4.77. The largest absolute Gasteiger partial charge is 0.391 e. The maximum Gasteiger partial charge on any atom is 0.315 e. The number of benzene rings is 1. The van der Waals surface area contributed by atoms with Crippen LogP contribution in [0.15, 0.2) is 30.3 Å². The van der Waals surface area contributed by atoms with Crippen molar-refractivity contribution in [3.05, 3.63) is 35.9 Å². The molecule has 5 nitrogen and oxygen atoms in total. The zero-order chi connectivity index (χ0) is 18.2. The van der Waals surface area contributed by atoms with Crippen molar-refractivity contribution in [3.63, 3.8) is 0 Å². The molecule has 140 valence electrons. The van der Waals surface area contributed by atoms with Crippen LogP contribution in [-0.4, -0.2) is 54.4 Å². The number of hydrogen-bond acceptors (Lipinski definition) is 3. The van der Waals surface area contributed by atoms with Crippen LogP contribution in [0.1, 0.15) is 32.8 Å². The van der Waals surface area contributed by atoms with Gasteiger partial charge in [-0.2, -0.15) is 0 Å². The topological polar surface area (TPSA) is 64.6 Å². The Balaban J connectivity index is 1.66. The number of nitrogens with one attached hydrogen (secondary N) is 2. The van der Waals surface area contributed by atoms with Gasteiger partial charge >= 0.3 is 6.03 Å². The summed E-state index contributed by atoms with van der Waals surface area (Å²) in [6.07, 6.45) is 1.08. The van der Waals surface area contributed by atoms with Crippen molar-refractivity contribution in [1.82, 2.24) is 15.5 Å². The minimum atomic E-state index is -0.596. The third-order valence-corrected chi connectivity index (χ3v) is 4.77. The fraction of sp³-hybridized carbons (Fsp3) is 0.650. The minimum Gasteiger partial charge on any atom is -0.391 e. The molecular formula is C20H33N3O2. The predicted molar refractivity (Wildman–Crippen MR) is 102 cm³/mol. The molecule has 1 aliphatic rings. The molecule has 0 spiro atoms. The summed E-state index contributed by atoms with van der Waals surface area (Å²) in [5, 5.41) is 16.1. The van der Waals surface area contributed by atoms with Crippen LogP contribution in [0.5, 0.6) is 0 Å². The number of carbonyl (C=O) groups excluding carboxylic acids is 1. The van der Waals surface area contributed by atoms with Crippen LogP contribution in [0.4, 0.5) is 4.79 Å². The number of urea groups is 1. The molecule has 1 heterocycles. The van der Waals surface area contributed by atoms with E-state index in [1.807, 2.05) is 37.3 Å². The minimum absolute atomic E-state index is 0.193. The summed E-state index contributed by atoms with van der Waals surface area (Å²) < 4.78 is 0. The second-order valence-electron chi connectivity index (χ2n) is 7.71. The van der Waals surface area contributed by atoms with E-state index in [-0.39, 0.29) is 12.1 Å². The van der Waals surface area contributed by atoms with E-state index in [0.29, 0.717) is 24.8 Å². The molecule has 0 saturated carbocycles. The van der Waals surface area contributed by atoms with Crippen molar-refractivity contribution >= 4 is 6.03 Å². The molecule has 2 amide bonds. The van der Waals surface area contributed by atoms with Gasteiger partial charge in [-0.15, -0.1) is 0 Å². The summed E-state index contributed by atoms with van der Waals surface area (Å²) in [5.41, 5.74) is 1.07. The quantitative estimate of drug-likeness (QED) is 0.676. The summed E-state index contributed by atoms with van der Waals surface area (Å²) in [6.45, 7) is 10.3. The van der Waals surface area contributed by atoms with Crippen molar-refractivity contribution in [3.8, 4) is 0 Å². The van der Waals surface area contributed by atoms with Gasteiger partial charge in [0.1, 0.15) is 0 Å². The van der Waals surface area contributed by atoms with Gasteiger partial charge in [-0.25, -0.2) is 4.79 Å². The lowest BCUT2D eigenvalue weighted by Crippen LogP contribution is -2.47. The van der Waals surface area contributed by atoms with Crippen LogP contribution in [0, 0.1) is 11.8 Å². The fourth-order valence-electron chi connectivity index (χ4n) is 3.39. The molecule has 25 heavy (non-hydrogen) atoms. The molecule has 2 rings (SSSR count). The Labute approximate surface area is 151 Å². The first-order valence-electron chi connectivity index (χ1n) is 9.42. The molecule has 1 fully saturated rings. The summed E-state index contributed by atoms with van der Waals surface area (Å²) in [6, 6.07) is 9.35. The van der Waals surface area contributed by atoms with E-state index in [4.69, 9.17) is 0 Å². The smallest absolute Gasteiger partial charge is 0.315 e. The normalized spacial score (nSPS) is 20.4. The van der Waals surface area contributed by atoms with Gasteiger partial charge in [-0.1, -0.05) is 44.2 Å². The molecule has 3 N–H and O–H groups in total. The Morgan fingerprint density at radius 2 is 2.00 bits per heavy atom. The van der Waals surface area contributed by atoms with E-state index in [2.05, 4.69) is 29.4 Å². The van der Waals surface area contributed by atoms with Gasteiger partial charge in [0.25, 0.3) is 0 Å². The van der Waals surface area contributed by atoms with E-state index in [1.165, 1.54) is 0 Å². The van der Waals surface area contributed by atoms with Crippen molar-refractivity contribution in [1.29, 1.82) is 0 Å². The molecule has 3 unspecified atom stereocenters. The SMILES string of the molecule is CC(C)CN1CCC(CNC(=O)NC(C)C(O)Cc2ccccc2)C1. The summed E-state index contributed by atoms with van der Waals surface area (Å²) >= 11 is 0. The second-order valence-corrected chi connectivity index (χ2v) is 7.71. The lowest BCUT2D eigenvalue weighted by molar-refractivity contribution is 0.136. The first-order chi connectivity index (χ1) is 11.9. The van der Waals surface area contributed by atoms with Gasteiger partial charge in [0.05, 0.1) is 12.1 Å². The van der Waals surface area contributed by atoms with Crippen LogP contribution in [0.2, 0.25) is 0 Å². The highest BCUT2D eigenvalue weighted by molar-refractivity contribution is 5.74. The Bertz CT molecular complexity index is 521. The number of likely N-dealkylation sites (tertiary alicyclic amines) is 1. The van der Waals surface area contributed by atoms with Crippen molar-refractivity contribution in [2.45, 2.75) is 45.8 Å². The van der Waals surface area contributed by atoms with E-state index in [0.717, 1.165) is 31.6 Å². The van der Waals surface area contributed by atoms with Crippen molar-refractivity contribution < 1.29 is 9.90 Å². The molecule has 0 radical (unpaired) electrons. The first kappa shape index (κ1) is 19.7. The standard InChI is InChI=1S/C20H33N3O2/c1-15(2)13-23-10-9-18(14-23)12-21-20(25)22-16(3)19(24)11-17-7-5-4-6-8-17/h4-8,15-16,18-19,24H,9-14H2,1-3H3,(H2,21,22,25). The maximum atomic E-state index is 12.1. The fourth-order valence-corrected chi connectivity index (χ4v) is 3.39. The Morgan fingerprint density at radius 1 is 1.28 bits per heavy atom. The highest BCUT2D eigenvalue weighted by atomic mass is 16.3. The first-order valence-corrected chi connectivity index (χ1v) is 9.42. The molecule has 1 aromatic carbocycles. The number of rotatable bonds is 8. The van der Waals surface area contributed by atoms with Gasteiger partial charge in [-0.3, -0.25) is 0 Å². The average Bonchev–Trinajstić information content (AvgIpc) is 3.00. The number of aliphatic hydroxyl groups excluding tert-OH is 1. The van der Waals surface area contributed by atoms with Crippen LogP contribution >= 0.6 is 0 Å². The molecule has 5 heteroatoms. The summed E-state index contributed by atoms with van der Waals surface area (Å²) in [4.78, 5) is 14.6. The molecule has 3 atom stereocenters. The van der Waals surface area contributed by atoms with Gasteiger partial charge in [0, 0.05) is 26.1 Å². The van der Waals surface area contributed by atoms with Gasteiger partial charge in [0.2, 0.25) is 0 Å². The summed E-state index contributed by atoms with van der Waals surface area (Å²) in [7, 11) is 0. The van der Waals surface area contributed by atoms with Gasteiger partial charge < -0.3 is 20.6 Å². The number of carbonyl (C=O) groups is 1. The van der Waals surface area contributed by atoms with Crippen molar-refractivity contribution in [2.75, 3.05) is 26.2 Å². The summed E-state index contributed by atoms with van der Waals surface area (Å²) in [5.74, 6) is 1.20. The second kappa shape index (κ2) is 9.78. The van der Waals surface area contributed by atoms with Gasteiger partial charge in [0.15, 0.2) is 0 Å². The number of nitrogens with zero attached hydrogens (tertiary/aromatic N) is 1. The van der Waals surface area contributed by atoms with Crippen LogP contribution < -0.4 is 10.6 Å². The highest BCUT2D eigenvalue weighted by Gasteiger charge is 2.23. The number of aliphatic hydroxyl groups is 1. The van der Waals surface area contributed by atoms with E-state index in [1.54, 1.807) is 0 Å². The zero-order valence-corrected chi connectivity index (χ0v) is 15.7.